The minimum atomic E-state index is -3.35. The Bertz CT molecular complexity index is 944. The summed E-state index contributed by atoms with van der Waals surface area (Å²) in [6.07, 6.45) is 6.59. The smallest absolute Gasteiger partial charge is 0.214 e. The van der Waals surface area contributed by atoms with Crippen LogP contribution in [0.15, 0.2) is 18.6 Å². The molecule has 2 atom stereocenters. The Morgan fingerprint density at radius 3 is 2.85 bits per heavy atom. The van der Waals surface area contributed by atoms with E-state index in [1.807, 2.05) is 19.3 Å². The number of aromatic nitrogens is 3. The van der Waals surface area contributed by atoms with Crippen molar-refractivity contribution in [3.63, 3.8) is 0 Å². The molecular weight excluding hydrogens is 352 g/mol. The maximum Gasteiger partial charge on any atom is 0.214 e. The van der Waals surface area contributed by atoms with Crippen molar-refractivity contribution in [2.45, 2.75) is 49.4 Å². The molecule has 2 aromatic rings. The topological polar surface area (TPSA) is 115 Å². The Hall–Kier alpha value is -2.18. The van der Waals surface area contributed by atoms with Crippen molar-refractivity contribution in [1.82, 2.24) is 19.7 Å². The largest absolute Gasteiger partial charge is 0.356 e. The molecule has 2 N–H and O–H groups in total. The molecule has 0 amide bonds. The number of nitrogens with one attached hydrogen (secondary N) is 2. The Morgan fingerprint density at radius 1 is 1.31 bits per heavy atom. The maximum absolute atomic E-state index is 12.5. The second kappa shape index (κ2) is 6.52. The van der Waals surface area contributed by atoms with Crippen molar-refractivity contribution in [3.05, 3.63) is 18.6 Å². The van der Waals surface area contributed by atoms with E-state index in [-0.39, 0.29) is 18.0 Å². The van der Waals surface area contributed by atoms with Gasteiger partial charge in [0.15, 0.2) is 0 Å². The number of H-pyrrole nitrogens is 1. The van der Waals surface area contributed by atoms with E-state index < -0.39 is 15.3 Å². The zero-order valence-electron chi connectivity index (χ0n) is 14.6. The van der Waals surface area contributed by atoms with E-state index in [1.54, 1.807) is 0 Å². The zero-order valence-corrected chi connectivity index (χ0v) is 15.4. The SMILES string of the molecule is CN(c1ncnc2[nH]ccc12)C1CC(NS(=O)(=O)[C@H]2CC[C@H](C#N)C2)C1. The molecule has 2 heterocycles. The number of fused-ring (bicyclic) bond motifs is 1. The van der Waals surface area contributed by atoms with Crippen LogP contribution >= 0.6 is 0 Å². The Labute approximate surface area is 152 Å². The van der Waals surface area contributed by atoms with Gasteiger partial charge in [-0.25, -0.2) is 23.1 Å². The molecule has 0 aliphatic heterocycles. The summed E-state index contributed by atoms with van der Waals surface area (Å²) < 4.78 is 27.9. The molecule has 4 rings (SSSR count). The average molecular weight is 374 g/mol. The highest BCUT2D eigenvalue weighted by Crippen LogP contribution is 2.34. The molecule has 2 aliphatic rings. The van der Waals surface area contributed by atoms with Gasteiger partial charge >= 0.3 is 0 Å². The molecule has 2 saturated carbocycles. The molecule has 0 saturated heterocycles. The van der Waals surface area contributed by atoms with Crippen molar-refractivity contribution < 1.29 is 8.42 Å². The normalized spacial score (nSPS) is 28.6. The van der Waals surface area contributed by atoms with E-state index in [0.717, 1.165) is 29.7 Å². The third-order valence-corrected chi connectivity index (χ3v) is 7.63. The number of anilines is 1. The van der Waals surface area contributed by atoms with Gasteiger partial charge in [-0.1, -0.05) is 0 Å². The van der Waals surface area contributed by atoms with Crippen LogP contribution in [0, 0.1) is 17.2 Å². The fourth-order valence-electron chi connectivity index (χ4n) is 3.98. The number of sulfonamides is 1. The highest BCUT2D eigenvalue weighted by molar-refractivity contribution is 7.90. The third kappa shape index (κ3) is 3.04. The number of nitriles is 1. The van der Waals surface area contributed by atoms with E-state index in [4.69, 9.17) is 5.26 Å². The predicted molar refractivity (Wildman–Crippen MR) is 97.9 cm³/mol. The first-order valence-corrected chi connectivity index (χ1v) is 10.4. The van der Waals surface area contributed by atoms with Crippen LogP contribution in [-0.4, -0.2) is 47.8 Å². The Balaban J connectivity index is 1.37. The fraction of sp³-hybridized carbons (Fsp3) is 0.588. The third-order valence-electron chi connectivity index (χ3n) is 5.66. The second-order valence-electron chi connectivity index (χ2n) is 7.29. The summed E-state index contributed by atoms with van der Waals surface area (Å²) in [5.41, 5.74) is 0.798. The number of hydrogen-bond donors (Lipinski definition) is 2. The van der Waals surface area contributed by atoms with Gasteiger partial charge in [-0.3, -0.25) is 0 Å². The van der Waals surface area contributed by atoms with Crippen molar-refractivity contribution in [2.75, 3.05) is 11.9 Å². The molecule has 8 nitrogen and oxygen atoms in total. The summed E-state index contributed by atoms with van der Waals surface area (Å²) in [6.45, 7) is 0. The first-order chi connectivity index (χ1) is 12.5. The molecule has 2 aliphatic carbocycles. The first kappa shape index (κ1) is 17.2. The van der Waals surface area contributed by atoms with Crippen LogP contribution in [0.1, 0.15) is 32.1 Å². The van der Waals surface area contributed by atoms with Gasteiger partial charge in [0.05, 0.1) is 16.7 Å². The molecule has 2 aromatic heterocycles. The van der Waals surface area contributed by atoms with Crippen molar-refractivity contribution in [3.8, 4) is 6.07 Å². The molecule has 2 fully saturated rings. The minimum absolute atomic E-state index is 0.0443. The standard InChI is InChI=1S/C17H22N6O2S/c1-23(17-15-4-5-19-16(15)20-10-21-17)13-7-12(8-13)22-26(24,25)14-3-2-11(6-14)9-18/h4-5,10-14,22H,2-3,6-8H2,1H3,(H,19,20,21)/t11-,12?,13?,14-/m0/s1. The van der Waals surface area contributed by atoms with Crippen molar-refractivity contribution >= 4 is 26.9 Å². The van der Waals surface area contributed by atoms with Crippen LogP contribution < -0.4 is 9.62 Å². The van der Waals surface area contributed by atoms with E-state index in [2.05, 4.69) is 30.6 Å². The summed E-state index contributed by atoms with van der Waals surface area (Å²) in [6, 6.07) is 4.33. The molecule has 0 radical (unpaired) electrons. The molecule has 0 aromatic carbocycles. The van der Waals surface area contributed by atoms with Crippen LogP contribution in [0.25, 0.3) is 11.0 Å². The first-order valence-electron chi connectivity index (χ1n) is 8.89. The number of aromatic amines is 1. The summed E-state index contributed by atoms with van der Waals surface area (Å²) in [4.78, 5) is 13.8. The number of rotatable bonds is 5. The lowest BCUT2D eigenvalue weighted by Crippen LogP contribution is -2.54. The second-order valence-corrected chi connectivity index (χ2v) is 9.29. The van der Waals surface area contributed by atoms with Crippen molar-refractivity contribution in [2.24, 2.45) is 5.92 Å². The van der Waals surface area contributed by atoms with Gasteiger partial charge in [-0.2, -0.15) is 5.26 Å². The Morgan fingerprint density at radius 2 is 2.12 bits per heavy atom. The summed E-state index contributed by atoms with van der Waals surface area (Å²) in [5.74, 6) is 0.730. The molecule has 138 valence electrons. The average Bonchev–Trinajstić information content (AvgIpc) is 3.25. The monoisotopic (exact) mass is 374 g/mol. The lowest BCUT2D eigenvalue weighted by atomic mass is 9.86. The van der Waals surface area contributed by atoms with Crippen LogP contribution in [0.4, 0.5) is 5.82 Å². The van der Waals surface area contributed by atoms with Gasteiger partial charge < -0.3 is 9.88 Å². The maximum atomic E-state index is 12.5. The van der Waals surface area contributed by atoms with Crippen LogP contribution in [0.2, 0.25) is 0 Å². The predicted octanol–water partition coefficient (Wildman–Crippen LogP) is 1.54. The van der Waals surface area contributed by atoms with Gasteiger partial charge in [0.2, 0.25) is 10.0 Å². The molecule has 9 heteroatoms. The van der Waals surface area contributed by atoms with Crippen LogP contribution in [0.5, 0.6) is 0 Å². The highest BCUT2D eigenvalue weighted by Gasteiger charge is 2.40. The highest BCUT2D eigenvalue weighted by atomic mass is 32.2. The molecule has 0 spiro atoms. The summed E-state index contributed by atoms with van der Waals surface area (Å²) >= 11 is 0. The van der Waals surface area contributed by atoms with E-state index >= 15 is 0 Å². The zero-order chi connectivity index (χ0) is 18.3. The van der Waals surface area contributed by atoms with Crippen molar-refractivity contribution in [1.29, 1.82) is 5.26 Å². The fourth-order valence-corrected chi connectivity index (χ4v) is 5.76. The molecule has 0 unspecified atom stereocenters. The minimum Gasteiger partial charge on any atom is -0.356 e. The number of hydrogen-bond acceptors (Lipinski definition) is 6. The van der Waals surface area contributed by atoms with Gasteiger partial charge in [0.25, 0.3) is 0 Å². The van der Waals surface area contributed by atoms with Gasteiger partial charge in [0.1, 0.15) is 17.8 Å². The van der Waals surface area contributed by atoms with Gasteiger partial charge in [-0.05, 0) is 38.2 Å². The molecule has 0 bridgehead atoms. The van der Waals surface area contributed by atoms with E-state index in [1.165, 1.54) is 6.33 Å². The lowest BCUT2D eigenvalue weighted by Gasteiger charge is -2.42. The summed E-state index contributed by atoms with van der Waals surface area (Å²) in [7, 11) is -1.37. The van der Waals surface area contributed by atoms with E-state index in [0.29, 0.717) is 19.3 Å². The van der Waals surface area contributed by atoms with E-state index in [9.17, 15) is 8.42 Å². The Kier molecular flexibility index (Phi) is 4.32. The van der Waals surface area contributed by atoms with Crippen LogP contribution in [-0.2, 0) is 10.0 Å². The van der Waals surface area contributed by atoms with Gasteiger partial charge in [0, 0.05) is 31.2 Å². The van der Waals surface area contributed by atoms with Crippen LogP contribution in [0.3, 0.4) is 0 Å². The number of nitrogens with zero attached hydrogens (tertiary/aromatic N) is 4. The quantitative estimate of drug-likeness (QED) is 0.820. The lowest BCUT2D eigenvalue weighted by molar-refractivity contribution is 0.315. The summed E-state index contributed by atoms with van der Waals surface area (Å²) in [5, 5.41) is 9.51. The molecule has 26 heavy (non-hydrogen) atoms. The molecular formula is C17H22N6O2S. The van der Waals surface area contributed by atoms with Gasteiger partial charge in [-0.15, -0.1) is 0 Å².